The molecule has 68 valence electrons. The normalized spacial score (nSPS) is 34.8. The van der Waals surface area contributed by atoms with Crippen LogP contribution < -0.4 is 5.32 Å². The third kappa shape index (κ3) is 1.16. The molecule has 4 heteroatoms. The fraction of sp³-hybridized carbons (Fsp3) is 0.875. The summed E-state index contributed by atoms with van der Waals surface area (Å²) in [6.45, 7) is 2.62. The lowest BCUT2D eigenvalue weighted by Gasteiger charge is -2.30. The zero-order valence-electron chi connectivity index (χ0n) is 6.99. The first-order valence-electron chi connectivity index (χ1n) is 4.49. The van der Waals surface area contributed by atoms with Crippen molar-refractivity contribution in [2.45, 2.75) is 18.9 Å². The molecule has 0 bridgehead atoms. The van der Waals surface area contributed by atoms with Gasteiger partial charge in [-0.2, -0.15) is 0 Å². The topological polar surface area (TPSA) is 52.6 Å². The highest BCUT2D eigenvalue weighted by atomic mass is 16.4. The number of nitrogens with one attached hydrogen (secondary N) is 1. The van der Waals surface area contributed by atoms with E-state index in [-0.39, 0.29) is 6.04 Å². The molecule has 2 aliphatic heterocycles. The first kappa shape index (κ1) is 7.86. The first-order valence-corrected chi connectivity index (χ1v) is 4.49. The third-order valence-electron chi connectivity index (χ3n) is 2.98. The summed E-state index contributed by atoms with van der Waals surface area (Å²) in [7, 11) is 0. The second-order valence-electron chi connectivity index (χ2n) is 3.58. The van der Waals surface area contributed by atoms with Gasteiger partial charge in [0.1, 0.15) is 0 Å². The Bertz CT molecular complexity index is 195. The molecule has 4 nitrogen and oxygen atoms in total. The summed E-state index contributed by atoms with van der Waals surface area (Å²) in [6.07, 6.45) is 1.43. The van der Waals surface area contributed by atoms with Crippen LogP contribution in [-0.4, -0.2) is 41.8 Å². The smallest absolute Gasteiger partial charge is 0.407 e. The van der Waals surface area contributed by atoms with Gasteiger partial charge in [0.2, 0.25) is 0 Å². The lowest BCUT2D eigenvalue weighted by Crippen LogP contribution is -2.47. The van der Waals surface area contributed by atoms with E-state index in [1.807, 2.05) is 0 Å². The van der Waals surface area contributed by atoms with Crippen molar-refractivity contribution in [3.8, 4) is 0 Å². The molecule has 0 spiro atoms. The number of amides is 1. The summed E-state index contributed by atoms with van der Waals surface area (Å²) in [6, 6.07) is 0.247. The van der Waals surface area contributed by atoms with Gasteiger partial charge >= 0.3 is 6.09 Å². The minimum atomic E-state index is -0.758. The van der Waals surface area contributed by atoms with Gasteiger partial charge in [0, 0.05) is 13.1 Å². The molecule has 0 aromatic rings. The Morgan fingerprint density at radius 3 is 3.08 bits per heavy atom. The maximum Gasteiger partial charge on any atom is 0.407 e. The molecule has 12 heavy (non-hydrogen) atoms. The number of rotatable bonds is 0. The highest BCUT2D eigenvalue weighted by molar-refractivity contribution is 5.66. The summed E-state index contributed by atoms with van der Waals surface area (Å²) >= 11 is 0. The van der Waals surface area contributed by atoms with E-state index in [0.29, 0.717) is 5.92 Å². The van der Waals surface area contributed by atoms with Gasteiger partial charge in [-0.15, -0.1) is 0 Å². The zero-order valence-corrected chi connectivity index (χ0v) is 6.99. The lowest BCUT2D eigenvalue weighted by molar-refractivity contribution is 0.128. The molecule has 2 atom stereocenters. The second-order valence-corrected chi connectivity index (χ2v) is 3.58. The van der Waals surface area contributed by atoms with Crippen molar-refractivity contribution in [1.82, 2.24) is 10.2 Å². The first-order chi connectivity index (χ1) is 5.79. The number of nitrogens with zero attached hydrogens (tertiary/aromatic N) is 1. The van der Waals surface area contributed by atoms with Gasteiger partial charge in [0.05, 0.1) is 6.04 Å². The quantitative estimate of drug-likeness (QED) is 0.551. The van der Waals surface area contributed by atoms with Gasteiger partial charge in [-0.3, -0.25) is 0 Å². The maximum absolute atomic E-state index is 10.8. The summed E-state index contributed by atoms with van der Waals surface area (Å²) in [5.74, 6) is 0.613. The second kappa shape index (κ2) is 2.94. The predicted molar refractivity (Wildman–Crippen MR) is 44.1 cm³/mol. The van der Waals surface area contributed by atoms with Gasteiger partial charge in [-0.1, -0.05) is 0 Å². The number of carboxylic acid groups (broad SMARTS) is 1. The molecule has 0 aromatic heterocycles. The lowest BCUT2D eigenvalue weighted by atomic mass is 9.94. The van der Waals surface area contributed by atoms with Gasteiger partial charge in [-0.05, 0) is 25.3 Å². The van der Waals surface area contributed by atoms with Crippen LogP contribution in [0.5, 0.6) is 0 Å². The van der Waals surface area contributed by atoms with E-state index in [9.17, 15) is 4.79 Å². The SMILES string of the molecule is O=C(O)N1CC[C@@H]2CCNC[C@@H]21. The molecule has 0 saturated carbocycles. The number of piperidine rings is 1. The van der Waals surface area contributed by atoms with Crippen molar-refractivity contribution in [1.29, 1.82) is 0 Å². The van der Waals surface area contributed by atoms with E-state index in [1.165, 1.54) is 0 Å². The number of likely N-dealkylation sites (tertiary alicyclic amines) is 1. The van der Waals surface area contributed by atoms with E-state index in [1.54, 1.807) is 4.90 Å². The van der Waals surface area contributed by atoms with E-state index < -0.39 is 6.09 Å². The minimum absolute atomic E-state index is 0.247. The van der Waals surface area contributed by atoms with Crippen LogP contribution in [0, 0.1) is 5.92 Å². The molecule has 2 rings (SSSR count). The molecule has 2 saturated heterocycles. The zero-order chi connectivity index (χ0) is 8.55. The number of hydrogen-bond donors (Lipinski definition) is 2. The van der Waals surface area contributed by atoms with E-state index in [2.05, 4.69) is 5.32 Å². The molecule has 2 aliphatic rings. The molecule has 0 radical (unpaired) electrons. The Morgan fingerprint density at radius 2 is 2.33 bits per heavy atom. The predicted octanol–water partition coefficient (Wildman–Crippen LogP) is 0.348. The van der Waals surface area contributed by atoms with E-state index >= 15 is 0 Å². The van der Waals surface area contributed by atoms with Crippen molar-refractivity contribution in [3.63, 3.8) is 0 Å². The van der Waals surface area contributed by atoms with Crippen LogP contribution in [0.3, 0.4) is 0 Å². The van der Waals surface area contributed by atoms with Crippen LogP contribution in [0.25, 0.3) is 0 Å². The van der Waals surface area contributed by atoms with E-state index in [0.717, 1.165) is 32.5 Å². The van der Waals surface area contributed by atoms with Gasteiger partial charge < -0.3 is 15.3 Å². The molecule has 2 heterocycles. The average molecular weight is 170 g/mol. The molecule has 2 N–H and O–H groups in total. The highest BCUT2D eigenvalue weighted by Crippen LogP contribution is 2.28. The van der Waals surface area contributed by atoms with Crippen molar-refractivity contribution in [2.24, 2.45) is 5.92 Å². The fourth-order valence-corrected chi connectivity index (χ4v) is 2.31. The summed E-state index contributed by atoms with van der Waals surface area (Å²) in [4.78, 5) is 12.3. The van der Waals surface area contributed by atoms with Crippen LogP contribution in [-0.2, 0) is 0 Å². The average Bonchev–Trinajstić information content (AvgIpc) is 2.47. The number of hydrogen-bond acceptors (Lipinski definition) is 2. The maximum atomic E-state index is 10.8. The summed E-state index contributed by atoms with van der Waals surface area (Å²) < 4.78 is 0. The Labute approximate surface area is 71.5 Å². The molecule has 2 fully saturated rings. The largest absolute Gasteiger partial charge is 0.465 e. The fourth-order valence-electron chi connectivity index (χ4n) is 2.31. The Balaban J connectivity index is 2.05. The molecular weight excluding hydrogens is 156 g/mol. The van der Waals surface area contributed by atoms with Crippen LogP contribution >= 0.6 is 0 Å². The minimum Gasteiger partial charge on any atom is -0.465 e. The van der Waals surface area contributed by atoms with Gasteiger partial charge in [0.15, 0.2) is 0 Å². The van der Waals surface area contributed by atoms with Crippen LogP contribution in [0.1, 0.15) is 12.8 Å². The van der Waals surface area contributed by atoms with Gasteiger partial charge in [-0.25, -0.2) is 4.79 Å². The summed E-state index contributed by atoms with van der Waals surface area (Å²) in [5.41, 5.74) is 0. The Hall–Kier alpha value is -0.770. The van der Waals surface area contributed by atoms with Crippen molar-refractivity contribution in [2.75, 3.05) is 19.6 Å². The van der Waals surface area contributed by atoms with Crippen molar-refractivity contribution in [3.05, 3.63) is 0 Å². The molecule has 0 aliphatic carbocycles. The molecule has 0 aromatic carbocycles. The standard InChI is InChI=1S/C8H14N2O2/c11-8(12)10-4-2-6-1-3-9-5-7(6)10/h6-7,9H,1-5H2,(H,11,12)/t6-,7-/m0/s1. The van der Waals surface area contributed by atoms with Crippen LogP contribution in [0.4, 0.5) is 4.79 Å². The number of fused-ring (bicyclic) bond motifs is 1. The summed E-state index contributed by atoms with van der Waals surface area (Å²) in [5, 5.41) is 12.1. The Morgan fingerprint density at radius 1 is 1.50 bits per heavy atom. The van der Waals surface area contributed by atoms with Crippen LogP contribution in [0.15, 0.2) is 0 Å². The van der Waals surface area contributed by atoms with Crippen molar-refractivity contribution < 1.29 is 9.90 Å². The van der Waals surface area contributed by atoms with Crippen molar-refractivity contribution >= 4 is 6.09 Å². The molecular formula is C8H14N2O2. The highest BCUT2D eigenvalue weighted by Gasteiger charge is 2.37. The van der Waals surface area contributed by atoms with Gasteiger partial charge in [0.25, 0.3) is 0 Å². The number of carbonyl (C=O) groups is 1. The van der Waals surface area contributed by atoms with Crippen LogP contribution in [0.2, 0.25) is 0 Å². The Kier molecular flexibility index (Phi) is 1.92. The molecule has 0 unspecified atom stereocenters. The monoisotopic (exact) mass is 170 g/mol. The van der Waals surface area contributed by atoms with E-state index in [4.69, 9.17) is 5.11 Å². The molecule has 1 amide bonds. The third-order valence-corrected chi connectivity index (χ3v) is 2.98.